The van der Waals surface area contributed by atoms with Gasteiger partial charge in [0, 0.05) is 11.8 Å². The topological polar surface area (TPSA) is 52.6 Å². The van der Waals surface area contributed by atoms with Gasteiger partial charge in [-0.15, -0.1) is 0 Å². The fourth-order valence-corrected chi connectivity index (χ4v) is 3.99. The maximum atomic E-state index is 12.7. The van der Waals surface area contributed by atoms with Crippen LogP contribution in [0.3, 0.4) is 0 Å². The number of hydrogen-bond donors (Lipinski definition) is 0. The molecule has 0 heterocycles. The maximum Gasteiger partial charge on any atom is 0.310 e. The maximum absolute atomic E-state index is 12.7. The van der Waals surface area contributed by atoms with Crippen molar-refractivity contribution in [1.82, 2.24) is 0 Å². The molecule has 0 saturated heterocycles. The van der Waals surface area contributed by atoms with Gasteiger partial charge in [-0.1, -0.05) is 60.7 Å². The van der Waals surface area contributed by atoms with Gasteiger partial charge in [-0.2, -0.15) is 0 Å². The van der Waals surface area contributed by atoms with Crippen LogP contribution in [0.1, 0.15) is 36.8 Å². The Hall–Kier alpha value is -2.62. The van der Waals surface area contributed by atoms with E-state index in [0.29, 0.717) is 13.2 Å². The number of carbonyl (C=O) groups is 2. The summed E-state index contributed by atoms with van der Waals surface area (Å²) >= 11 is 0. The first kappa shape index (κ1) is 18.2. The van der Waals surface area contributed by atoms with Crippen LogP contribution in [0, 0.1) is 11.8 Å². The summed E-state index contributed by atoms with van der Waals surface area (Å²) in [5, 5.41) is 0. The molecule has 3 rings (SSSR count). The van der Waals surface area contributed by atoms with Crippen molar-refractivity contribution in [2.45, 2.75) is 25.7 Å². The molecule has 1 saturated carbocycles. The Morgan fingerprint density at radius 1 is 0.692 bits per heavy atom. The van der Waals surface area contributed by atoms with Crippen molar-refractivity contribution in [1.29, 1.82) is 0 Å². The molecule has 0 N–H and O–H groups in total. The lowest BCUT2D eigenvalue weighted by atomic mass is 9.52. The molecule has 26 heavy (non-hydrogen) atoms. The van der Waals surface area contributed by atoms with E-state index in [9.17, 15) is 9.59 Å². The van der Waals surface area contributed by atoms with E-state index in [1.54, 1.807) is 13.8 Å². The lowest BCUT2D eigenvalue weighted by Gasteiger charge is -2.49. The van der Waals surface area contributed by atoms with Crippen molar-refractivity contribution in [2.24, 2.45) is 11.8 Å². The lowest BCUT2D eigenvalue weighted by Crippen LogP contribution is -2.52. The summed E-state index contributed by atoms with van der Waals surface area (Å²) in [6, 6.07) is 19.4. The largest absolute Gasteiger partial charge is 0.466 e. The normalized spacial score (nSPS) is 24.4. The summed E-state index contributed by atoms with van der Waals surface area (Å²) < 4.78 is 10.7. The average molecular weight is 352 g/mol. The zero-order valence-electron chi connectivity index (χ0n) is 15.1. The molecule has 0 aromatic heterocycles. The van der Waals surface area contributed by atoms with Crippen molar-refractivity contribution in [3.63, 3.8) is 0 Å². The molecule has 1 aliphatic carbocycles. The molecule has 4 heteroatoms. The van der Waals surface area contributed by atoms with Gasteiger partial charge in [-0.05, 0) is 25.0 Å². The minimum absolute atomic E-state index is 0.237. The Kier molecular flexibility index (Phi) is 5.71. The molecule has 0 atom stereocenters. The highest BCUT2D eigenvalue weighted by Crippen LogP contribution is 2.58. The molecule has 0 amide bonds. The van der Waals surface area contributed by atoms with Gasteiger partial charge in [0.1, 0.15) is 0 Å². The van der Waals surface area contributed by atoms with E-state index in [0.717, 1.165) is 11.1 Å². The van der Waals surface area contributed by atoms with Crippen LogP contribution in [0.4, 0.5) is 0 Å². The molecule has 136 valence electrons. The first-order valence-corrected chi connectivity index (χ1v) is 9.12. The van der Waals surface area contributed by atoms with E-state index in [1.807, 2.05) is 60.7 Å². The Balaban J connectivity index is 2.03. The molecule has 2 aromatic rings. The molecule has 0 aliphatic heterocycles. The Morgan fingerprint density at radius 2 is 1.04 bits per heavy atom. The molecule has 1 aliphatic rings. The van der Waals surface area contributed by atoms with Crippen molar-refractivity contribution >= 4 is 11.9 Å². The zero-order chi connectivity index (χ0) is 18.5. The van der Waals surface area contributed by atoms with Gasteiger partial charge in [-0.25, -0.2) is 0 Å². The van der Waals surface area contributed by atoms with Crippen LogP contribution in [-0.4, -0.2) is 25.2 Å². The van der Waals surface area contributed by atoms with Crippen LogP contribution >= 0.6 is 0 Å². The average Bonchev–Trinajstić information content (AvgIpc) is 2.63. The molecular formula is C22H24O4. The predicted octanol–water partition coefficient (Wildman–Crippen LogP) is 3.93. The Bertz CT molecular complexity index is 668. The smallest absolute Gasteiger partial charge is 0.310 e. The summed E-state index contributed by atoms with van der Waals surface area (Å²) in [6.07, 6.45) is 0. The van der Waals surface area contributed by atoms with Crippen LogP contribution in [0.15, 0.2) is 60.7 Å². The van der Waals surface area contributed by atoms with Gasteiger partial charge in [0.25, 0.3) is 0 Å². The second-order valence-corrected chi connectivity index (χ2v) is 6.43. The van der Waals surface area contributed by atoms with Crippen molar-refractivity contribution in [2.75, 3.05) is 13.2 Å². The quantitative estimate of drug-likeness (QED) is 0.739. The molecule has 0 radical (unpaired) electrons. The van der Waals surface area contributed by atoms with Crippen molar-refractivity contribution < 1.29 is 19.1 Å². The van der Waals surface area contributed by atoms with Crippen molar-refractivity contribution in [3.8, 4) is 0 Å². The Labute approximate surface area is 154 Å². The van der Waals surface area contributed by atoms with E-state index in [-0.39, 0.29) is 23.8 Å². The van der Waals surface area contributed by atoms with E-state index in [1.165, 1.54) is 0 Å². The van der Waals surface area contributed by atoms with Gasteiger partial charge in [0.2, 0.25) is 0 Å². The summed E-state index contributed by atoms with van der Waals surface area (Å²) in [7, 11) is 0. The van der Waals surface area contributed by atoms with Crippen LogP contribution in [0.2, 0.25) is 0 Å². The molecule has 0 spiro atoms. The van der Waals surface area contributed by atoms with Gasteiger partial charge >= 0.3 is 11.9 Å². The molecule has 1 fully saturated rings. The summed E-state index contributed by atoms with van der Waals surface area (Å²) in [5.74, 6) is -1.77. The fraction of sp³-hybridized carbons (Fsp3) is 0.364. The third-order valence-electron chi connectivity index (χ3n) is 5.03. The molecular weight excluding hydrogens is 328 g/mol. The summed E-state index contributed by atoms with van der Waals surface area (Å²) in [4.78, 5) is 25.5. The van der Waals surface area contributed by atoms with Crippen LogP contribution in [0.25, 0.3) is 0 Å². The minimum Gasteiger partial charge on any atom is -0.466 e. The molecule has 0 bridgehead atoms. The third kappa shape index (κ3) is 3.36. The SMILES string of the molecule is CCOC(=O)C1[C@H](c2ccccc2)[C@@H](C(=O)OCC)[C@@H]1c1ccccc1. The van der Waals surface area contributed by atoms with E-state index < -0.39 is 11.8 Å². The zero-order valence-corrected chi connectivity index (χ0v) is 15.1. The standard InChI is InChI=1S/C22H24O4/c1-3-25-21(23)19-17(15-11-7-5-8-12-15)20(22(24)26-4-2)18(19)16-13-9-6-10-14-16/h5-14,17-20H,3-4H2,1-2H3/t17-,18+,19-,20?. The lowest BCUT2D eigenvalue weighted by molar-refractivity contribution is -0.166. The highest BCUT2D eigenvalue weighted by molar-refractivity contribution is 5.85. The van der Waals surface area contributed by atoms with E-state index in [2.05, 4.69) is 0 Å². The first-order chi connectivity index (χ1) is 12.7. The second kappa shape index (κ2) is 8.17. The van der Waals surface area contributed by atoms with Crippen molar-refractivity contribution in [3.05, 3.63) is 71.8 Å². The predicted molar refractivity (Wildman–Crippen MR) is 98.6 cm³/mol. The summed E-state index contributed by atoms with van der Waals surface area (Å²) in [6.45, 7) is 4.24. The molecule has 0 unspecified atom stereocenters. The number of esters is 2. The minimum atomic E-state index is -0.394. The number of ether oxygens (including phenoxy) is 2. The number of benzene rings is 2. The van der Waals surface area contributed by atoms with Gasteiger partial charge in [0.15, 0.2) is 0 Å². The van der Waals surface area contributed by atoms with Crippen LogP contribution < -0.4 is 0 Å². The Morgan fingerprint density at radius 3 is 1.35 bits per heavy atom. The van der Waals surface area contributed by atoms with Gasteiger partial charge in [-0.3, -0.25) is 9.59 Å². The van der Waals surface area contributed by atoms with Crippen LogP contribution in [-0.2, 0) is 19.1 Å². The molecule has 4 nitrogen and oxygen atoms in total. The number of rotatable bonds is 6. The second-order valence-electron chi connectivity index (χ2n) is 6.43. The van der Waals surface area contributed by atoms with Gasteiger partial charge in [0.05, 0.1) is 25.0 Å². The third-order valence-corrected chi connectivity index (χ3v) is 5.03. The number of hydrogen-bond acceptors (Lipinski definition) is 4. The van der Waals surface area contributed by atoms with E-state index in [4.69, 9.17) is 9.47 Å². The monoisotopic (exact) mass is 352 g/mol. The summed E-state index contributed by atoms with van der Waals surface area (Å²) in [5.41, 5.74) is 1.94. The highest BCUT2D eigenvalue weighted by atomic mass is 16.5. The van der Waals surface area contributed by atoms with E-state index >= 15 is 0 Å². The molecule has 2 aromatic carbocycles. The van der Waals surface area contributed by atoms with Gasteiger partial charge < -0.3 is 9.47 Å². The fourth-order valence-electron chi connectivity index (χ4n) is 3.99. The first-order valence-electron chi connectivity index (χ1n) is 9.12. The number of carbonyl (C=O) groups excluding carboxylic acids is 2. The van der Waals surface area contributed by atoms with Crippen LogP contribution in [0.5, 0.6) is 0 Å². The highest BCUT2D eigenvalue weighted by Gasteiger charge is 2.59.